The Hall–Kier alpha value is -2.83. The number of aryl methyl sites for hydroxylation is 2. The topological polar surface area (TPSA) is 84.7 Å². The van der Waals surface area contributed by atoms with E-state index in [2.05, 4.69) is 15.5 Å². The quantitative estimate of drug-likeness (QED) is 0.742. The molecule has 0 spiro atoms. The van der Waals surface area contributed by atoms with Gasteiger partial charge in [-0.2, -0.15) is 5.10 Å². The van der Waals surface area contributed by atoms with Crippen LogP contribution in [-0.2, 0) is 20.0 Å². The summed E-state index contributed by atoms with van der Waals surface area (Å²) in [6.07, 6.45) is 4.05. The molecule has 0 radical (unpaired) electrons. The van der Waals surface area contributed by atoms with Crippen LogP contribution in [0.15, 0.2) is 35.3 Å². The first-order chi connectivity index (χ1) is 11.6. The molecule has 24 heavy (non-hydrogen) atoms. The first kappa shape index (κ1) is 14.7. The Labute approximate surface area is 138 Å². The molecule has 3 aromatic rings. The summed E-state index contributed by atoms with van der Waals surface area (Å²) < 4.78 is 3.62. The standard InChI is InChI=1S/C17H19N5O2/c1-21-10-13(12-4-2-3-5-14(12)21)16(23)18-11-6-7-15-19-20-17(24)22(15)9-8-11/h2-5,10-11H,6-9H2,1H3,(H,18,23)(H,20,24). The van der Waals surface area contributed by atoms with Crippen LogP contribution in [0.25, 0.3) is 10.9 Å². The van der Waals surface area contributed by atoms with Crippen molar-refractivity contribution < 1.29 is 4.79 Å². The van der Waals surface area contributed by atoms with Gasteiger partial charge < -0.3 is 9.88 Å². The van der Waals surface area contributed by atoms with Gasteiger partial charge in [-0.1, -0.05) is 18.2 Å². The molecule has 2 aromatic heterocycles. The monoisotopic (exact) mass is 325 g/mol. The molecule has 7 nitrogen and oxygen atoms in total. The third-order valence-corrected chi connectivity index (χ3v) is 4.73. The molecule has 0 fully saturated rings. The second-order valence-corrected chi connectivity index (χ2v) is 6.27. The van der Waals surface area contributed by atoms with Gasteiger partial charge in [0.25, 0.3) is 5.91 Å². The number of carbonyl (C=O) groups excluding carboxylic acids is 1. The molecular formula is C17H19N5O2. The van der Waals surface area contributed by atoms with E-state index in [-0.39, 0.29) is 17.6 Å². The average Bonchev–Trinajstić information content (AvgIpc) is 3.03. The predicted molar refractivity (Wildman–Crippen MR) is 90.0 cm³/mol. The Bertz CT molecular complexity index is 965. The van der Waals surface area contributed by atoms with Crippen LogP contribution >= 0.6 is 0 Å². The maximum atomic E-state index is 12.7. The van der Waals surface area contributed by atoms with Gasteiger partial charge in [-0.15, -0.1) is 0 Å². The number of para-hydroxylation sites is 1. The maximum absolute atomic E-state index is 12.7. The first-order valence-electron chi connectivity index (χ1n) is 8.12. The van der Waals surface area contributed by atoms with E-state index in [1.54, 1.807) is 4.57 Å². The Morgan fingerprint density at radius 2 is 2.17 bits per heavy atom. The molecule has 7 heteroatoms. The Balaban J connectivity index is 1.53. The lowest BCUT2D eigenvalue weighted by Crippen LogP contribution is -2.35. The van der Waals surface area contributed by atoms with Crippen molar-refractivity contribution in [3.63, 3.8) is 0 Å². The minimum atomic E-state index is -0.175. The van der Waals surface area contributed by atoms with Gasteiger partial charge in [-0.05, 0) is 18.9 Å². The molecule has 0 bridgehead atoms. The number of nitrogens with one attached hydrogen (secondary N) is 2. The second kappa shape index (κ2) is 5.67. The van der Waals surface area contributed by atoms with Gasteiger partial charge in [0.1, 0.15) is 5.82 Å². The molecule has 0 aliphatic carbocycles. The second-order valence-electron chi connectivity index (χ2n) is 6.27. The van der Waals surface area contributed by atoms with Crippen LogP contribution < -0.4 is 11.0 Å². The molecule has 1 aliphatic rings. The van der Waals surface area contributed by atoms with Crippen molar-refractivity contribution in [2.75, 3.05) is 0 Å². The van der Waals surface area contributed by atoms with E-state index in [0.29, 0.717) is 18.5 Å². The Morgan fingerprint density at radius 3 is 3.04 bits per heavy atom. The molecule has 1 aromatic carbocycles. The van der Waals surface area contributed by atoms with Crippen molar-refractivity contribution in [2.45, 2.75) is 31.8 Å². The highest BCUT2D eigenvalue weighted by Gasteiger charge is 2.22. The van der Waals surface area contributed by atoms with Gasteiger partial charge in [0, 0.05) is 43.2 Å². The summed E-state index contributed by atoms with van der Waals surface area (Å²) in [6, 6.07) is 7.91. The van der Waals surface area contributed by atoms with Crippen LogP contribution in [0.3, 0.4) is 0 Å². The lowest BCUT2D eigenvalue weighted by molar-refractivity contribution is 0.0934. The number of aromatic amines is 1. The van der Waals surface area contributed by atoms with Crippen LogP contribution in [-0.4, -0.2) is 31.3 Å². The number of benzene rings is 1. The largest absolute Gasteiger partial charge is 0.350 e. The first-order valence-corrected chi connectivity index (χ1v) is 8.12. The number of hydrogen-bond donors (Lipinski definition) is 2. The highest BCUT2D eigenvalue weighted by molar-refractivity contribution is 6.07. The highest BCUT2D eigenvalue weighted by Crippen LogP contribution is 2.21. The summed E-state index contributed by atoms with van der Waals surface area (Å²) in [5.41, 5.74) is 1.55. The van der Waals surface area contributed by atoms with E-state index >= 15 is 0 Å². The van der Waals surface area contributed by atoms with Crippen LogP contribution in [0, 0.1) is 0 Å². The van der Waals surface area contributed by atoms with Crippen molar-refractivity contribution in [1.29, 1.82) is 0 Å². The maximum Gasteiger partial charge on any atom is 0.343 e. The summed E-state index contributed by atoms with van der Waals surface area (Å²) in [5, 5.41) is 10.6. The van der Waals surface area contributed by atoms with Gasteiger partial charge in [-0.25, -0.2) is 9.89 Å². The fourth-order valence-electron chi connectivity index (χ4n) is 3.43. The van der Waals surface area contributed by atoms with E-state index in [4.69, 9.17) is 0 Å². The van der Waals surface area contributed by atoms with E-state index in [1.165, 1.54) is 0 Å². The van der Waals surface area contributed by atoms with Crippen molar-refractivity contribution in [3.8, 4) is 0 Å². The number of nitrogens with zero attached hydrogens (tertiary/aromatic N) is 3. The molecule has 1 amide bonds. The number of hydrogen-bond acceptors (Lipinski definition) is 3. The fourth-order valence-corrected chi connectivity index (χ4v) is 3.43. The molecular weight excluding hydrogens is 306 g/mol. The van der Waals surface area contributed by atoms with E-state index in [1.807, 2.05) is 42.1 Å². The van der Waals surface area contributed by atoms with Gasteiger partial charge >= 0.3 is 5.69 Å². The number of H-pyrrole nitrogens is 1. The van der Waals surface area contributed by atoms with Crippen molar-refractivity contribution in [1.82, 2.24) is 24.6 Å². The van der Waals surface area contributed by atoms with Crippen molar-refractivity contribution >= 4 is 16.8 Å². The van der Waals surface area contributed by atoms with Crippen LogP contribution in [0.4, 0.5) is 0 Å². The zero-order valence-corrected chi connectivity index (χ0v) is 13.5. The summed E-state index contributed by atoms with van der Waals surface area (Å²) in [5.74, 6) is 0.701. The van der Waals surface area contributed by atoms with E-state index in [9.17, 15) is 9.59 Å². The number of aromatic nitrogens is 4. The highest BCUT2D eigenvalue weighted by atomic mass is 16.2. The SMILES string of the molecule is Cn1cc(C(=O)NC2CCc3n[nH]c(=O)n3CC2)c2ccccc21. The zero-order valence-electron chi connectivity index (χ0n) is 13.5. The summed E-state index contributed by atoms with van der Waals surface area (Å²) in [7, 11) is 1.94. The zero-order chi connectivity index (χ0) is 16.7. The normalized spacial score (nSPS) is 17.5. The molecule has 4 rings (SSSR count). The van der Waals surface area contributed by atoms with Crippen LogP contribution in [0.1, 0.15) is 29.0 Å². The number of rotatable bonds is 2. The molecule has 0 saturated heterocycles. The molecule has 0 saturated carbocycles. The predicted octanol–water partition coefficient (Wildman–Crippen LogP) is 1.20. The molecule has 1 unspecified atom stereocenters. The Kier molecular flexibility index (Phi) is 3.48. The number of carbonyl (C=O) groups is 1. The molecule has 3 heterocycles. The van der Waals surface area contributed by atoms with Gasteiger partial charge in [0.2, 0.25) is 0 Å². The lowest BCUT2D eigenvalue weighted by atomic mass is 10.1. The van der Waals surface area contributed by atoms with Crippen LogP contribution in [0.2, 0.25) is 0 Å². The molecule has 124 valence electrons. The molecule has 2 N–H and O–H groups in total. The number of fused-ring (bicyclic) bond motifs is 2. The minimum Gasteiger partial charge on any atom is -0.350 e. The molecule has 1 atom stereocenters. The van der Waals surface area contributed by atoms with E-state index in [0.717, 1.165) is 29.6 Å². The summed E-state index contributed by atoms with van der Waals surface area (Å²) in [4.78, 5) is 24.4. The Morgan fingerprint density at radius 1 is 1.33 bits per heavy atom. The third kappa shape index (κ3) is 2.42. The average molecular weight is 325 g/mol. The lowest BCUT2D eigenvalue weighted by Gasteiger charge is -2.15. The summed E-state index contributed by atoms with van der Waals surface area (Å²) in [6.45, 7) is 0.575. The van der Waals surface area contributed by atoms with Crippen molar-refractivity contribution in [2.24, 2.45) is 7.05 Å². The third-order valence-electron chi connectivity index (χ3n) is 4.73. The van der Waals surface area contributed by atoms with Gasteiger partial charge in [0.15, 0.2) is 0 Å². The fraction of sp³-hybridized carbons (Fsp3) is 0.353. The van der Waals surface area contributed by atoms with Gasteiger partial charge in [0.05, 0.1) is 5.56 Å². The van der Waals surface area contributed by atoms with E-state index < -0.39 is 0 Å². The summed E-state index contributed by atoms with van der Waals surface area (Å²) >= 11 is 0. The van der Waals surface area contributed by atoms with Crippen molar-refractivity contribution in [3.05, 3.63) is 52.3 Å². The number of amides is 1. The molecule has 1 aliphatic heterocycles. The van der Waals surface area contributed by atoms with Crippen LogP contribution in [0.5, 0.6) is 0 Å². The minimum absolute atomic E-state index is 0.0394. The van der Waals surface area contributed by atoms with Gasteiger partial charge in [-0.3, -0.25) is 9.36 Å². The smallest absolute Gasteiger partial charge is 0.343 e.